The lowest BCUT2D eigenvalue weighted by Crippen LogP contribution is -2.26. The second-order valence-corrected chi connectivity index (χ2v) is 4.99. The van der Waals surface area contributed by atoms with Crippen molar-refractivity contribution in [3.63, 3.8) is 0 Å². The molecule has 0 radical (unpaired) electrons. The van der Waals surface area contributed by atoms with Gasteiger partial charge in [0.1, 0.15) is 11.5 Å². The first-order valence-corrected chi connectivity index (χ1v) is 7.15. The Kier molecular flexibility index (Phi) is 5.82. The molecular weight excluding hydrogens is 318 g/mol. The molecule has 0 saturated carbocycles. The standard InChI is InChI=1S/C16H16ClN3O3/c1-23-15-5-3-2-4-13(15)18-10-16(22)20-19-9-11-8-12(17)6-7-14(11)21/h2-9,18,21H,10H2,1H3,(H,20,22). The third-order valence-corrected chi connectivity index (χ3v) is 3.16. The number of nitrogens with zero attached hydrogens (tertiary/aromatic N) is 1. The number of rotatable bonds is 6. The number of carbonyl (C=O) groups excluding carboxylic acids is 1. The Bertz CT molecular complexity index is 719. The van der Waals surface area contributed by atoms with Crippen LogP contribution in [-0.2, 0) is 4.79 Å². The molecule has 0 fully saturated rings. The number of phenols is 1. The average Bonchev–Trinajstić information content (AvgIpc) is 2.56. The van der Waals surface area contributed by atoms with Gasteiger partial charge in [-0.25, -0.2) is 5.43 Å². The molecule has 23 heavy (non-hydrogen) atoms. The SMILES string of the molecule is COc1ccccc1NCC(=O)NN=Cc1cc(Cl)ccc1O. The van der Waals surface area contributed by atoms with Gasteiger partial charge in [0.15, 0.2) is 0 Å². The van der Waals surface area contributed by atoms with E-state index in [0.717, 1.165) is 0 Å². The van der Waals surface area contributed by atoms with Gasteiger partial charge in [-0.05, 0) is 30.3 Å². The predicted octanol–water partition coefficient (Wildman–Crippen LogP) is 2.62. The molecule has 0 aromatic heterocycles. The Morgan fingerprint density at radius 3 is 2.91 bits per heavy atom. The van der Waals surface area contributed by atoms with Gasteiger partial charge in [-0.1, -0.05) is 23.7 Å². The molecule has 2 aromatic carbocycles. The highest BCUT2D eigenvalue weighted by Crippen LogP contribution is 2.22. The molecule has 0 bridgehead atoms. The number of halogens is 1. The Balaban J connectivity index is 1.88. The molecule has 0 aliphatic rings. The van der Waals surface area contributed by atoms with Gasteiger partial charge in [-0.3, -0.25) is 4.79 Å². The molecular formula is C16H16ClN3O3. The molecule has 0 spiro atoms. The summed E-state index contributed by atoms with van der Waals surface area (Å²) < 4.78 is 5.18. The number of aromatic hydroxyl groups is 1. The maximum Gasteiger partial charge on any atom is 0.259 e. The number of carbonyl (C=O) groups is 1. The zero-order valence-corrected chi connectivity index (χ0v) is 13.2. The third-order valence-electron chi connectivity index (χ3n) is 2.93. The summed E-state index contributed by atoms with van der Waals surface area (Å²) in [6.45, 7) is 0.0270. The van der Waals surface area contributed by atoms with Crippen LogP contribution in [0.4, 0.5) is 5.69 Å². The number of phenolic OH excluding ortho intramolecular Hbond substituents is 1. The van der Waals surface area contributed by atoms with Crippen molar-refractivity contribution in [3.8, 4) is 11.5 Å². The normalized spacial score (nSPS) is 10.5. The zero-order chi connectivity index (χ0) is 16.7. The number of para-hydroxylation sites is 2. The summed E-state index contributed by atoms with van der Waals surface area (Å²) in [5, 5.41) is 16.8. The molecule has 0 unspecified atom stereocenters. The highest BCUT2D eigenvalue weighted by molar-refractivity contribution is 6.30. The van der Waals surface area contributed by atoms with Crippen LogP contribution in [0.25, 0.3) is 0 Å². The van der Waals surface area contributed by atoms with Crippen LogP contribution in [0.15, 0.2) is 47.6 Å². The molecule has 120 valence electrons. The van der Waals surface area contributed by atoms with Crippen LogP contribution in [0.3, 0.4) is 0 Å². The summed E-state index contributed by atoms with van der Waals surface area (Å²) in [6, 6.07) is 11.8. The number of hydrogen-bond donors (Lipinski definition) is 3. The molecule has 3 N–H and O–H groups in total. The largest absolute Gasteiger partial charge is 0.507 e. The van der Waals surface area contributed by atoms with Gasteiger partial charge in [0, 0.05) is 10.6 Å². The van der Waals surface area contributed by atoms with Gasteiger partial charge < -0.3 is 15.2 Å². The molecule has 2 aromatic rings. The molecule has 0 aliphatic carbocycles. The molecule has 6 nitrogen and oxygen atoms in total. The summed E-state index contributed by atoms with van der Waals surface area (Å²) >= 11 is 5.82. The predicted molar refractivity (Wildman–Crippen MR) is 90.3 cm³/mol. The van der Waals surface area contributed by atoms with Gasteiger partial charge >= 0.3 is 0 Å². The maximum atomic E-state index is 11.7. The van der Waals surface area contributed by atoms with Gasteiger partial charge in [0.25, 0.3) is 5.91 Å². The first-order chi connectivity index (χ1) is 11.1. The maximum absolute atomic E-state index is 11.7. The fraction of sp³-hybridized carbons (Fsp3) is 0.125. The second-order valence-electron chi connectivity index (χ2n) is 4.55. The van der Waals surface area contributed by atoms with Gasteiger partial charge in [-0.2, -0.15) is 5.10 Å². The highest BCUT2D eigenvalue weighted by atomic mass is 35.5. The van der Waals surface area contributed by atoms with E-state index < -0.39 is 0 Å². The van der Waals surface area contributed by atoms with Crippen LogP contribution < -0.4 is 15.5 Å². The minimum atomic E-state index is -0.339. The molecule has 0 saturated heterocycles. The van der Waals surface area contributed by atoms with Crippen molar-refractivity contribution in [2.75, 3.05) is 19.0 Å². The first-order valence-electron chi connectivity index (χ1n) is 6.77. The lowest BCUT2D eigenvalue weighted by molar-refractivity contribution is -0.119. The van der Waals surface area contributed by atoms with Crippen LogP contribution in [0.5, 0.6) is 11.5 Å². The van der Waals surface area contributed by atoms with E-state index in [4.69, 9.17) is 16.3 Å². The molecule has 0 aliphatic heterocycles. The van der Waals surface area contributed by atoms with Crippen molar-refractivity contribution in [3.05, 3.63) is 53.1 Å². The summed E-state index contributed by atoms with van der Waals surface area (Å²) in [5.74, 6) is 0.334. The number of anilines is 1. The van der Waals surface area contributed by atoms with Crippen LogP contribution in [0.1, 0.15) is 5.56 Å². The fourth-order valence-electron chi connectivity index (χ4n) is 1.81. The van der Waals surface area contributed by atoms with Gasteiger partial charge in [0.05, 0.1) is 25.6 Å². The lowest BCUT2D eigenvalue weighted by Gasteiger charge is -2.09. The first kappa shape index (κ1) is 16.6. The number of benzene rings is 2. The Labute approximate surface area is 138 Å². The molecule has 7 heteroatoms. The van der Waals surface area contributed by atoms with Crippen molar-refractivity contribution in [1.29, 1.82) is 0 Å². The second kappa shape index (κ2) is 8.05. The average molecular weight is 334 g/mol. The summed E-state index contributed by atoms with van der Waals surface area (Å²) in [4.78, 5) is 11.7. The third kappa shape index (κ3) is 4.89. The van der Waals surface area contributed by atoms with E-state index in [9.17, 15) is 9.90 Å². The van der Waals surface area contributed by atoms with Crippen LogP contribution in [-0.4, -0.2) is 30.9 Å². The number of hydrogen-bond acceptors (Lipinski definition) is 5. The van der Waals surface area contributed by atoms with E-state index in [1.54, 1.807) is 31.4 Å². The van der Waals surface area contributed by atoms with E-state index in [-0.39, 0.29) is 18.2 Å². The zero-order valence-electron chi connectivity index (χ0n) is 12.4. The van der Waals surface area contributed by atoms with E-state index >= 15 is 0 Å². The summed E-state index contributed by atoms with van der Waals surface area (Å²) in [5.41, 5.74) is 3.48. The number of ether oxygens (including phenoxy) is 1. The number of amides is 1. The van der Waals surface area contributed by atoms with Crippen LogP contribution in [0.2, 0.25) is 5.02 Å². The fourth-order valence-corrected chi connectivity index (χ4v) is 1.99. The minimum Gasteiger partial charge on any atom is -0.507 e. The van der Waals surface area contributed by atoms with E-state index in [1.807, 2.05) is 12.1 Å². The quantitative estimate of drug-likeness (QED) is 0.560. The Morgan fingerprint density at radius 1 is 1.35 bits per heavy atom. The van der Waals surface area contributed by atoms with Crippen LogP contribution in [0, 0.1) is 0 Å². The van der Waals surface area contributed by atoms with E-state index in [2.05, 4.69) is 15.8 Å². The Morgan fingerprint density at radius 2 is 2.13 bits per heavy atom. The molecule has 0 heterocycles. The monoisotopic (exact) mass is 333 g/mol. The van der Waals surface area contributed by atoms with Crippen molar-refractivity contribution in [2.24, 2.45) is 5.10 Å². The smallest absolute Gasteiger partial charge is 0.259 e. The van der Waals surface area contributed by atoms with E-state index in [1.165, 1.54) is 12.3 Å². The van der Waals surface area contributed by atoms with Gasteiger partial charge in [-0.15, -0.1) is 0 Å². The number of methoxy groups -OCH3 is 1. The van der Waals surface area contributed by atoms with Crippen molar-refractivity contribution in [1.82, 2.24) is 5.43 Å². The topological polar surface area (TPSA) is 83.0 Å². The molecule has 2 rings (SSSR count). The lowest BCUT2D eigenvalue weighted by atomic mass is 10.2. The molecule has 0 atom stereocenters. The van der Waals surface area contributed by atoms with Crippen molar-refractivity contribution in [2.45, 2.75) is 0 Å². The summed E-state index contributed by atoms with van der Waals surface area (Å²) in [7, 11) is 1.56. The number of nitrogens with one attached hydrogen (secondary N) is 2. The van der Waals surface area contributed by atoms with Gasteiger partial charge in [0.2, 0.25) is 0 Å². The minimum absolute atomic E-state index is 0.0270. The van der Waals surface area contributed by atoms with E-state index in [0.29, 0.717) is 22.0 Å². The molecule has 1 amide bonds. The van der Waals surface area contributed by atoms with Crippen LogP contribution >= 0.6 is 11.6 Å². The number of hydrazone groups is 1. The highest BCUT2D eigenvalue weighted by Gasteiger charge is 2.04. The Hall–Kier alpha value is -2.73. The van der Waals surface area contributed by atoms with Crippen molar-refractivity contribution >= 4 is 29.4 Å². The van der Waals surface area contributed by atoms with Crippen molar-refractivity contribution < 1.29 is 14.6 Å². The summed E-state index contributed by atoms with van der Waals surface area (Å²) in [6.07, 6.45) is 1.32.